The molecule has 1 aliphatic rings. The predicted octanol–water partition coefficient (Wildman–Crippen LogP) is 0.140. The van der Waals surface area contributed by atoms with Crippen molar-refractivity contribution >= 4 is 11.7 Å². The Morgan fingerprint density at radius 1 is 1.38 bits per heavy atom. The van der Waals surface area contributed by atoms with Gasteiger partial charge in [-0.1, -0.05) is 0 Å². The van der Waals surface area contributed by atoms with Crippen molar-refractivity contribution in [3.63, 3.8) is 0 Å². The largest absolute Gasteiger partial charge is 0.481 e. The van der Waals surface area contributed by atoms with E-state index in [2.05, 4.69) is 20.3 Å². The van der Waals surface area contributed by atoms with Crippen LogP contribution in [-0.4, -0.2) is 34.4 Å². The van der Waals surface area contributed by atoms with E-state index in [1.54, 1.807) is 19.9 Å². The molecule has 0 radical (unpaired) electrons. The molecule has 6 nitrogen and oxygen atoms in total. The van der Waals surface area contributed by atoms with Gasteiger partial charge in [0.25, 0.3) is 5.91 Å². The van der Waals surface area contributed by atoms with Gasteiger partial charge in [0.1, 0.15) is 17.6 Å². The summed E-state index contributed by atoms with van der Waals surface area (Å²) < 4.78 is 4.97. The molecule has 0 aliphatic carbocycles. The van der Waals surface area contributed by atoms with Gasteiger partial charge in [0.2, 0.25) is 5.88 Å². The van der Waals surface area contributed by atoms with Crippen LogP contribution < -0.4 is 10.1 Å². The van der Waals surface area contributed by atoms with E-state index in [0.29, 0.717) is 17.4 Å². The Labute approximate surface area is 92.8 Å². The standard InChI is InChI=1S/C10H12N4O2/c1-10(2)9(15)13-8(14-10)6-4-7(16-3)12-5-11-6/h4-5H,1-3H3,(H,13,14,15). The Kier molecular flexibility index (Phi) is 2.34. The monoisotopic (exact) mass is 220 g/mol. The number of nitrogens with zero attached hydrogens (tertiary/aromatic N) is 3. The number of amides is 1. The highest BCUT2D eigenvalue weighted by Gasteiger charge is 2.35. The second-order valence-corrected chi connectivity index (χ2v) is 3.92. The van der Waals surface area contributed by atoms with E-state index in [4.69, 9.17) is 4.74 Å². The van der Waals surface area contributed by atoms with E-state index in [1.165, 1.54) is 13.4 Å². The second kappa shape index (κ2) is 3.55. The van der Waals surface area contributed by atoms with Crippen molar-refractivity contribution in [2.75, 3.05) is 7.11 Å². The van der Waals surface area contributed by atoms with Crippen molar-refractivity contribution in [1.29, 1.82) is 0 Å². The summed E-state index contributed by atoms with van der Waals surface area (Å²) in [6.07, 6.45) is 1.37. The van der Waals surface area contributed by atoms with Gasteiger partial charge in [-0.05, 0) is 13.8 Å². The predicted molar refractivity (Wildman–Crippen MR) is 57.3 cm³/mol. The van der Waals surface area contributed by atoms with Crippen LogP contribution in [0.5, 0.6) is 5.88 Å². The molecule has 1 amide bonds. The smallest absolute Gasteiger partial charge is 0.252 e. The number of carbonyl (C=O) groups excluding carboxylic acids is 1. The number of aliphatic imine (C=N–C) groups is 1. The third-order valence-electron chi connectivity index (χ3n) is 2.27. The maximum absolute atomic E-state index is 11.5. The lowest BCUT2D eigenvalue weighted by Crippen LogP contribution is -2.34. The number of hydrogen-bond acceptors (Lipinski definition) is 5. The molecule has 0 unspecified atom stereocenters. The normalized spacial score (nSPS) is 17.9. The number of methoxy groups -OCH3 is 1. The Hall–Kier alpha value is -1.98. The molecule has 0 aromatic carbocycles. The molecule has 1 aromatic heterocycles. The zero-order valence-electron chi connectivity index (χ0n) is 9.31. The summed E-state index contributed by atoms with van der Waals surface area (Å²) in [5, 5.41) is 2.68. The third kappa shape index (κ3) is 1.73. The summed E-state index contributed by atoms with van der Waals surface area (Å²) in [6, 6.07) is 1.63. The van der Waals surface area contributed by atoms with Gasteiger partial charge in [-0.25, -0.2) is 9.97 Å². The summed E-state index contributed by atoms with van der Waals surface area (Å²) in [7, 11) is 1.52. The lowest BCUT2D eigenvalue weighted by atomic mass is 10.1. The van der Waals surface area contributed by atoms with E-state index in [1.807, 2.05) is 0 Å². The molecule has 1 N–H and O–H groups in total. The lowest BCUT2D eigenvalue weighted by Gasteiger charge is -2.07. The van der Waals surface area contributed by atoms with Crippen LogP contribution in [0.2, 0.25) is 0 Å². The Bertz CT molecular complexity index is 468. The number of amidine groups is 1. The van der Waals surface area contributed by atoms with Crippen LogP contribution in [-0.2, 0) is 4.79 Å². The first-order chi connectivity index (χ1) is 7.53. The molecule has 0 saturated heterocycles. The summed E-state index contributed by atoms with van der Waals surface area (Å²) in [6.45, 7) is 3.49. The van der Waals surface area contributed by atoms with Crippen molar-refractivity contribution in [3.05, 3.63) is 18.1 Å². The number of nitrogens with one attached hydrogen (secondary N) is 1. The molecule has 6 heteroatoms. The molecule has 16 heavy (non-hydrogen) atoms. The van der Waals surface area contributed by atoms with Crippen molar-refractivity contribution in [3.8, 4) is 5.88 Å². The first-order valence-electron chi connectivity index (χ1n) is 4.80. The molecule has 0 saturated carbocycles. The van der Waals surface area contributed by atoms with E-state index >= 15 is 0 Å². The fourth-order valence-corrected chi connectivity index (χ4v) is 1.32. The molecule has 0 fully saturated rings. The van der Waals surface area contributed by atoms with Crippen LogP contribution in [0.3, 0.4) is 0 Å². The van der Waals surface area contributed by atoms with Crippen molar-refractivity contribution in [2.24, 2.45) is 4.99 Å². The summed E-state index contributed by atoms with van der Waals surface area (Å²) in [4.78, 5) is 23.7. The van der Waals surface area contributed by atoms with Gasteiger partial charge in [0, 0.05) is 6.07 Å². The highest BCUT2D eigenvalue weighted by Crippen LogP contribution is 2.17. The van der Waals surface area contributed by atoms with Crippen LogP contribution in [0.25, 0.3) is 0 Å². The molecule has 2 rings (SSSR count). The van der Waals surface area contributed by atoms with Gasteiger partial charge in [0.05, 0.1) is 7.11 Å². The Morgan fingerprint density at radius 2 is 2.12 bits per heavy atom. The Morgan fingerprint density at radius 3 is 2.69 bits per heavy atom. The first kappa shape index (κ1) is 10.5. The van der Waals surface area contributed by atoms with Crippen LogP contribution in [0.15, 0.2) is 17.4 Å². The average molecular weight is 220 g/mol. The van der Waals surface area contributed by atoms with Crippen LogP contribution in [0.4, 0.5) is 0 Å². The van der Waals surface area contributed by atoms with E-state index in [0.717, 1.165) is 0 Å². The fourth-order valence-electron chi connectivity index (χ4n) is 1.32. The van der Waals surface area contributed by atoms with Crippen molar-refractivity contribution in [1.82, 2.24) is 15.3 Å². The minimum Gasteiger partial charge on any atom is -0.481 e. The lowest BCUT2D eigenvalue weighted by molar-refractivity contribution is -0.122. The van der Waals surface area contributed by atoms with Crippen LogP contribution >= 0.6 is 0 Å². The van der Waals surface area contributed by atoms with Gasteiger partial charge in [0.15, 0.2) is 5.84 Å². The van der Waals surface area contributed by atoms with Gasteiger partial charge in [-0.15, -0.1) is 0 Å². The van der Waals surface area contributed by atoms with E-state index in [-0.39, 0.29) is 5.91 Å². The Balaban J connectivity index is 2.36. The molecule has 0 spiro atoms. The van der Waals surface area contributed by atoms with E-state index < -0.39 is 5.54 Å². The van der Waals surface area contributed by atoms with Gasteiger partial charge in [-0.3, -0.25) is 9.79 Å². The van der Waals surface area contributed by atoms with Crippen molar-refractivity contribution < 1.29 is 9.53 Å². The molecule has 1 aromatic rings. The third-order valence-corrected chi connectivity index (χ3v) is 2.27. The SMILES string of the molecule is COc1cc(C2=NC(C)(C)C(=O)N2)ncn1. The quantitative estimate of drug-likeness (QED) is 0.769. The summed E-state index contributed by atoms with van der Waals surface area (Å²) >= 11 is 0. The number of aromatic nitrogens is 2. The molecule has 84 valence electrons. The topological polar surface area (TPSA) is 76.5 Å². The number of hydrogen-bond donors (Lipinski definition) is 1. The molecular weight excluding hydrogens is 208 g/mol. The minimum absolute atomic E-state index is 0.139. The summed E-state index contributed by atoms with van der Waals surface area (Å²) in [5.74, 6) is 0.752. The van der Waals surface area contributed by atoms with Crippen LogP contribution in [0, 0.1) is 0 Å². The highest BCUT2D eigenvalue weighted by molar-refractivity contribution is 6.14. The number of ether oxygens (including phenoxy) is 1. The zero-order chi connectivity index (χ0) is 11.8. The molecule has 0 bridgehead atoms. The van der Waals surface area contributed by atoms with Crippen LogP contribution in [0.1, 0.15) is 19.5 Å². The first-order valence-corrected chi connectivity index (χ1v) is 4.80. The minimum atomic E-state index is -0.743. The van der Waals surface area contributed by atoms with E-state index in [9.17, 15) is 4.79 Å². The molecule has 0 atom stereocenters. The molecular formula is C10H12N4O2. The molecule has 2 heterocycles. The highest BCUT2D eigenvalue weighted by atomic mass is 16.5. The van der Waals surface area contributed by atoms with Gasteiger partial charge >= 0.3 is 0 Å². The number of carbonyl (C=O) groups is 1. The second-order valence-electron chi connectivity index (χ2n) is 3.92. The fraction of sp³-hybridized carbons (Fsp3) is 0.400. The molecule has 1 aliphatic heterocycles. The van der Waals surface area contributed by atoms with Gasteiger partial charge < -0.3 is 10.1 Å². The number of rotatable bonds is 2. The summed E-state index contributed by atoms with van der Waals surface area (Å²) in [5.41, 5.74) is -0.196. The maximum atomic E-state index is 11.5. The van der Waals surface area contributed by atoms with Crippen molar-refractivity contribution in [2.45, 2.75) is 19.4 Å². The zero-order valence-corrected chi connectivity index (χ0v) is 9.31. The maximum Gasteiger partial charge on any atom is 0.252 e. The van der Waals surface area contributed by atoms with Gasteiger partial charge in [-0.2, -0.15) is 0 Å². The average Bonchev–Trinajstić information content (AvgIpc) is 2.54.